The molecule has 0 bridgehead atoms. The van der Waals surface area contributed by atoms with Crippen molar-refractivity contribution in [1.29, 1.82) is 0 Å². The summed E-state index contributed by atoms with van der Waals surface area (Å²) >= 11 is 0. The summed E-state index contributed by atoms with van der Waals surface area (Å²) in [5, 5.41) is 2.02. The number of carbonyl (C=O) groups excluding carboxylic acids is 1. The number of amides is 1. The summed E-state index contributed by atoms with van der Waals surface area (Å²) in [6.45, 7) is 8.86. The Labute approximate surface area is 178 Å². The molecule has 0 N–H and O–H groups in total. The molecule has 0 aromatic heterocycles. The molecule has 0 aliphatic carbocycles. The summed E-state index contributed by atoms with van der Waals surface area (Å²) in [7, 11) is 0. The van der Waals surface area contributed by atoms with Gasteiger partial charge in [-0.3, -0.25) is 9.69 Å². The number of nitrogens with zero attached hydrogens (tertiary/aromatic N) is 2. The molecule has 4 rings (SSSR count). The topological polar surface area (TPSA) is 51.2 Å². The molecule has 2 aliphatic rings. The van der Waals surface area contributed by atoms with Crippen molar-refractivity contribution >= 4 is 16.7 Å². The average molecular weight is 413 g/mol. The molecule has 0 radical (unpaired) electrons. The highest BCUT2D eigenvalue weighted by atomic mass is 16.5. The van der Waals surface area contributed by atoms with E-state index in [-0.39, 0.29) is 11.9 Å². The fourth-order valence-corrected chi connectivity index (χ4v) is 4.41. The monoisotopic (exact) mass is 412 g/mol. The molecule has 2 heterocycles. The number of rotatable bonds is 7. The van der Waals surface area contributed by atoms with E-state index >= 15 is 0 Å². The zero-order chi connectivity index (χ0) is 20.8. The van der Waals surface area contributed by atoms with Gasteiger partial charge in [-0.1, -0.05) is 30.3 Å². The van der Waals surface area contributed by atoms with Crippen LogP contribution in [0.25, 0.3) is 10.8 Å². The van der Waals surface area contributed by atoms with Crippen LogP contribution in [-0.4, -0.2) is 81.0 Å². The first-order valence-electron chi connectivity index (χ1n) is 11.1. The zero-order valence-corrected chi connectivity index (χ0v) is 17.8. The molecule has 162 valence electrons. The lowest BCUT2D eigenvalue weighted by Crippen LogP contribution is -2.48. The van der Waals surface area contributed by atoms with E-state index in [0.717, 1.165) is 56.5 Å². The first-order valence-corrected chi connectivity index (χ1v) is 11.1. The summed E-state index contributed by atoms with van der Waals surface area (Å²) in [6.07, 6.45) is 1.76. The van der Waals surface area contributed by atoms with Crippen LogP contribution in [0.2, 0.25) is 0 Å². The van der Waals surface area contributed by atoms with Gasteiger partial charge in [0.05, 0.1) is 25.4 Å². The molecule has 2 saturated heterocycles. The standard InChI is InChI=1S/C24H32N2O4/c1-2-30-22-8-7-19-5-3-4-6-21(19)23(22)24(27)26(20-9-15-28-16-10-20)12-11-25-13-17-29-18-14-25/h3-8,20H,2,9-18H2,1H3. The molecule has 2 aromatic rings. The lowest BCUT2D eigenvalue weighted by Gasteiger charge is -2.37. The van der Waals surface area contributed by atoms with Crippen molar-refractivity contribution in [3.8, 4) is 5.75 Å². The molecule has 6 nitrogen and oxygen atoms in total. The Balaban J connectivity index is 1.65. The van der Waals surface area contributed by atoms with Gasteiger partial charge in [0, 0.05) is 45.4 Å². The number of hydrogen-bond donors (Lipinski definition) is 0. The minimum Gasteiger partial charge on any atom is -0.493 e. The van der Waals surface area contributed by atoms with Gasteiger partial charge in [0.25, 0.3) is 5.91 Å². The van der Waals surface area contributed by atoms with Crippen LogP contribution in [0.3, 0.4) is 0 Å². The van der Waals surface area contributed by atoms with Gasteiger partial charge < -0.3 is 19.1 Å². The van der Waals surface area contributed by atoms with Gasteiger partial charge in [-0.05, 0) is 36.6 Å². The first-order chi connectivity index (χ1) is 14.8. The molecular weight excluding hydrogens is 380 g/mol. The van der Waals surface area contributed by atoms with E-state index in [1.807, 2.05) is 43.3 Å². The summed E-state index contributed by atoms with van der Waals surface area (Å²) in [5.41, 5.74) is 0.684. The van der Waals surface area contributed by atoms with Gasteiger partial charge in [-0.15, -0.1) is 0 Å². The fourth-order valence-electron chi connectivity index (χ4n) is 4.41. The normalized spacial score (nSPS) is 18.4. The molecule has 2 aliphatic heterocycles. The van der Waals surface area contributed by atoms with Crippen molar-refractivity contribution in [2.45, 2.75) is 25.8 Å². The number of benzene rings is 2. The maximum Gasteiger partial charge on any atom is 0.258 e. The molecule has 0 saturated carbocycles. The van der Waals surface area contributed by atoms with Crippen molar-refractivity contribution in [3.63, 3.8) is 0 Å². The van der Waals surface area contributed by atoms with Crippen LogP contribution in [0.4, 0.5) is 0 Å². The molecule has 0 spiro atoms. The molecule has 2 aromatic carbocycles. The second-order valence-corrected chi connectivity index (χ2v) is 7.89. The zero-order valence-electron chi connectivity index (χ0n) is 17.8. The van der Waals surface area contributed by atoms with Gasteiger partial charge in [0.1, 0.15) is 5.75 Å². The number of ether oxygens (including phenoxy) is 3. The largest absolute Gasteiger partial charge is 0.493 e. The van der Waals surface area contributed by atoms with Crippen LogP contribution in [0.15, 0.2) is 36.4 Å². The summed E-state index contributed by atoms with van der Waals surface area (Å²) in [5.74, 6) is 0.736. The minimum absolute atomic E-state index is 0.0652. The smallest absolute Gasteiger partial charge is 0.258 e. The highest BCUT2D eigenvalue weighted by Crippen LogP contribution is 2.31. The Morgan fingerprint density at radius 2 is 1.80 bits per heavy atom. The highest BCUT2D eigenvalue weighted by Gasteiger charge is 2.30. The molecule has 30 heavy (non-hydrogen) atoms. The van der Waals surface area contributed by atoms with E-state index < -0.39 is 0 Å². The highest BCUT2D eigenvalue weighted by molar-refractivity contribution is 6.09. The number of morpholine rings is 1. The van der Waals surface area contributed by atoms with Crippen molar-refractivity contribution < 1.29 is 19.0 Å². The molecule has 0 unspecified atom stereocenters. The van der Waals surface area contributed by atoms with Crippen LogP contribution in [-0.2, 0) is 9.47 Å². The summed E-state index contributed by atoms with van der Waals surface area (Å²) in [4.78, 5) is 18.4. The van der Waals surface area contributed by atoms with E-state index in [2.05, 4.69) is 9.80 Å². The second kappa shape index (κ2) is 10.2. The van der Waals surface area contributed by atoms with Gasteiger partial charge in [-0.2, -0.15) is 0 Å². The average Bonchev–Trinajstić information content (AvgIpc) is 2.80. The summed E-state index contributed by atoms with van der Waals surface area (Å²) in [6, 6.07) is 12.2. The van der Waals surface area contributed by atoms with Crippen LogP contribution < -0.4 is 4.74 Å². The predicted octanol–water partition coefficient (Wildman–Crippen LogP) is 3.19. The van der Waals surface area contributed by atoms with E-state index in [4.69, 9.17) is 14.2 Å². The number of fused-ring (bicyclic) bond motifs is 1. The molecule has 2 fully saturated rings. The maximum atomic E-state index is 14.0. The quantitative estimate of drug-likeness (QED) is 0.699. The minimum atomic E-state index is 0.0652. The van der Waals surface area contributed by atoms with Crippen molar-refractivity contribution in [1.82, 2.24) is 9.80 Å². The molecule has 6 heteroatoms. The number of carbonyl (C=O) groups is 1. The van der Waals surface area contributed by atoms with Crippen molar-refractivity contribution in [2.24, 2.45) is 0 Å². The third kappa shape index (κ3) is 4.77. The van der Waals surface area contributed by atoms with Gasteiger partial charge >= 0.3 is 0 Å². The van der Waals surface area contributed by atoms with Gasteiger partial charge in [0.2, 0.25) is 0 Å². The van der Waals surface area contributed by atoms with Crippen molar-refractivity contribution in [2.75, 3.05) is 59.2 Å². The lowest BCUT2D eigenvalue weighted by atomic mass is 10.00. The fraction of sp³-hybridized carbons (Fsp3) is 0.542. The predicted molar refractivity (Wildman–Crippen MR) is 117 cm³/mol. The molecule has 1 amide bonds. The van der Waals surface area contributed by atoms with Crippen LogP contribution in [0.1, 0.15) is 30.1 Å². The summed E-state index contributed by atoms with van der Waals surface area (Å²) < 4.78 is 16.9. The van der Waals surface area contributed by atoms with Crippen LogP contribution >= 0.6 is 0 Å². The third-order valence-electron chi connectivity index (χ3n) is 6.06. The maximum absolute atomic E-state index is 14.0. The first kappa shape index (κ1) is 21.1. The van der Waals surface area contributed by atoms with Gasteiger partial charge in [-0.25, -0.2) is 0 Å². The van der Waals surface area contributed by atoms with Gasteiger partial charge in [0.15, 0.2) is 0 Å². The van der Waals surface area contributed by atoms with E-state index in [1.165, 1.54) is 0 Å². The Morgan fingerprint density at radius 3 is 2.57 bits per heavy atom. The van der Waals surface area contributed by atoms with E-state index in [9.17, 15) is 4.79 Å². The van der Waals surface area contributed by atoms with E-state index in [1.54, 1.807) is 0 Å². The Morgan fingerprint density at radius 1 is 1.07 bits per heavy atom. The van der Waals surface area contributed by atoms with E-state index in [0.29, 0.717) is 37.7 Å². The van der Waals surface area contributed by atoms with Crippen LogP contribution in [0, 0.1) is 0 Å². The molecule has 0 atom stereocenters. The third-order valence-corrected chi connectivity index (χ3v) is 6.06. The molecular formula is C24H32N2O4. The Bertz CT molecular complexity index is 844. The SMILES string of the molecule is CCOc1ccc2ccccc2c1C(=O)N(CCN1CCOCC1)C1CCOCC1. The Hall–Kier alpha value is -2.15. The lowest BCUT2D eigenvalue weighted by molar-refractivity contribution is 0.0141. The van der Waals surface area contributed by atoms with Crippen molar-refractivity contribution in [3.05, 3.63) is 42.0 Å². The number of hydrogen-bond acceptors (Lipinski definition) is 5. The second-order valence-electron chi connectivity index (χ2n) is 7.89. The Kier molecular flexibility index (Phi) is 7.20. The van der Waals surface area contributed by atoms with Crippen LogP contribution in [0.5, 0.6) is 5.75 Å².